The van der Waals surface area contributed by atoms with Gasteiger partial charge in [0.2, 0.25) is 11.9 Å². The average Bonchev–Trinajstić information content (AvgIpc) is 3.10. The molecule has 5 nitrogen and oxygen atoms in total. The van der Waals surface area contributed by atoms with Crippen molar-refractivity contribution in [2.45, 2.75) is 25.7 Å². The van der Waals surface area contributed by atoms with Gasteiger partial charge < -0.3 is 0 Å². The summed E-state index contributed by atoms with van der Waals surface area (Å²) in [5, 5.41) is 9.68. The van der Waals surface area contributed by atoms with E-state index in [9.17, 15) is 4.79 Å². The van der Waals surface area contributed by atoms with E-state index in [-0.39, 0.29) is 11.8 Å². The number of hydrogen-bond acceptors (Lipinski definition) is 3. The lowest BCUT2D eigenvalue weighted by Crippen LogP contribution is -2.20. The molecule has 0 saturated heterocycles. The molecule has 1 aromatic carbocycles. The van der Waals surface area contributed by atoms with E-state index < -0.39 is 0 Å². The first kappa shape index (κ1) is 13.3. The largest absolute Gasteiger partial charge is 0.293 e. The maximum atomic E-state index is 12.0. The Morgan fingerprint density at radius 2 is 2.15 bits per heavy atom. The van der Waals surface area contributed by atoms with Crippen molar-refractivity contribution in [2.75, 3.05) is 5.32 Å². The number of aromatic nitrogens is 3. The van der Waals surface area contributed by atoms with Crippen LogP contribution in [0.4, 0.5) is 5.95 Å². The van der Waals surface area contributed by atoms with Gasteiger partial charge in [-0.3, -0.25) is 15.2 Å². The summed E-state index contributed by atoms with van der Waals surface area (Å²) in [6.07, 6.45) is 4.20. The summed E-state index contributed by atoms with van der Waals surface area (Å²) in [7, 11) is 0. The normalized spacial score (nSPS) is 15.4. The Labute approximate surface area is 125 Å². The van der Waals surface area contributed by atoms with Crippen LogP contribution in [0.5, 0.6) is 0 Å². The van der Waals surface area contributed by atoms with Crippen LogP contribution in [-0.4, -0.2) is 21.1 Å². The third-order valence-corrected chi connectivity index (χ3v) is 4.04. The molecule has 2 N–H and O–H groups in total. The first-order valence-electron chi connectivity index (χ1n) is 6.71. The Balaban J connectivity index is 1.72. The summed E-state index contributed by atoms with van der Waals surface area (Å²) in [5.74, 6) is 1.13. The predicted molar refractivity (Wildman–Crippen MR) is 80.1 cm³/mol. The van der Waals surface area contributed by atoms with Crippen LogP contribution in [0.1, 0.15) is 25.7 Å². The zero-order valence-electron chi connectivity index (χ0n) is 10.9. The lowest BCUT2D eigenvalue weighted by molar-refractivity contribution is -0.119. The van der Waals surface area contributed by atoms with Gasteiger partial charge in [0.15, 0.2) is 5.82 Å². The van der Waals surface area contributed by atoms with Crippen LogP contribution in [0.2, 0.25) is 0 Å². The number of hydrogen-bond donors (Lipinski definition) is 2. The minimum Gasteiger partial charge on any atom is -0.293 e. The molecule has 1 aliphatic carbocycles. The highest BCUT2D eigenvalue weighted by Gasteiger charge is 2.23. The maximum absolute atomic E-state index is 12.0. The Bertz CT molecular complexity index is 619. The molecule has 1 saturated carbocycles. The first-order valence-corrected chi connectivity index (χ1v) is 7.51. The van der Waals surface area contributed by atoms with E-state index in [2.05, 4.69) is 36.4 Å². The van der Waals surface area contributed by atoms with Crippen LogP contribution < -0.4 is 5.32 Å². The van der Waals surface area contributed by atoms with Crippen LogP contribution in [0, 0.1) is 5.92 Å². The molecule has 0 bridgehead atoms. The Hall–Kier alpha value is -1.69. The van der Waals surface area contributed by atoms with Gasteiger partial charge in [0.05, 0.1) is 0 Å². The summed E-state index contributed by atoms with van der Waals surface area (Å²) < 4.78 is 0.975. The lowest BCUT2D eigenvalue weighted by Gasteiger charge is -2.06. The number of anilines is 1. The van der Waals surface area contributed by atoms with E-state index in [4.69, 9.17) is 0 Å². The Morgan fingerprint density at radius 1 is 1.35 bits per heavy atom. The van der Waals surface area contributed by atoms with E-state index in [0.29, 0.717) is 11.8 Å². The first-order chi connectivity index (χ1) is 9.72. The SMILES string of the molecule is O=C(Nc1n[nH]c(-c2cccc(Br)c2)n1)C1CCCC1. The number of H-pyrrole nitrogens is 1. The van der Waals surface area contributed by atoms with E-state index in [1.54, 1.807) is 0 Å². The van der Waals surface area contributed by atoms with Crippen LogP contribution in [0.3, 0.4) is 0 Å². The summed E-state index contributed by atoms with van der Waals surface area (Å²) in [5.41, 5.74) is 0.924. The fourth-order valence-corrected chi connectivity index (χ4v) is 2.88. The molecule has 0 radical (unpaired) electrons. The van der Waals surface area contributed by atoms with Crippen molar-refractivity contribution in [3.05, 3.63) is 28.7 Å². The summed E-state index contributed by atoms with van der Waals surface area (Å²) in [4.78, 5) is 16.3. The molecule has 0 atom stereocenters. The monoisotopic (exact) mass is 334 g/mol. The maximum Gasteiger partial charge on any atom is 0.249 e. The molecule has 20 heavy (non-hydrogen) atoms. The lowest BCUT2D eigenvalue weighted by atomic mass is 10.1. The molecule has 2 aromatic rings. The number of halogens is 1. The van der Waals surface area contributed by atoms with Gasteiger partial charge in [-0.2, -0.15) is 4.98 Å². The molecular weight excluding hydrogens is 320 g/mol. The number of benzene rings is 1. The van der Waals surface area contributed by atoms with Gasteiger partial charge in [0.25, 0.3) is 0 Å². The van der Waals surface area contributed by atoms with Crippen molar-refractivity contribution in [1.29, 1.82) is 0 Å². The molecule has 1 fully saturated rings. The fraction of sp³-hybridized carbons (Fsp3) is 0.357. The number of carbonyl (C=O) groups excluding carboxylic acids is 1. The highest BCUT2D eigenvalue weighted by molar-refractivity contribution is 9.10. The Kier molecular flexibility index (Phi) is 3.82. The second kappa shape index (κ2) is 5.75. The third kappa shape index (κ3) is 2.90. The van der Waals surface area contributed by atoms with Crippen LogP contribution in [0.15, 0.2) is 28.7 Å². The van der Waals surface area contributed by atoms with Gasteiger partial charge in [-0.15, -0.1) is 5.10 Å². The van der Waals surface area contributed by atoms with Crippen LogP contribution >= 0.6 is 15.9 Å². The van der Waals surface area contributed by atoms with Gasteiger partial charge in [-0.05, 0) is 25.0 Å². The number of aromatic amines is 1. The van der Waals surface area contributed by atoms with E-state index in [1.165, 1.54) is 0 Å². The number of carbonyl (C=O) groups is 1. The highest BCUT2D eigenvalue weighted by Crippen LogP contribution is 2.26. The summed E-state index contributed by atoms with van der Waals surface area (Å²) >= 11 is 3.42. The smallest absolute Gasteiger partial charge is 0.249 e. The molecule has 1 amide bonds. The van der Waals surface area contributed by atoms with Crippen molar-refractivity contribution < 1.29 is 4.79 Å². The van der Waals surface area contributed by atoms with E-state index >= 15 is 0 Å². The second-order valence-electron chi connectivity index (χ2n) is 4.99. The van der Waals surface area contributed by atoms with Crippen LogP contribution in [0.25, 0.3) is 11.4 Å². The zero-order valence-corrected chi connectivity index (χ0v) is 12.5. The molecule has 1 aromatic heterocycles. The molecule has 0 unspecified atom stereocenters. The summed E-state index contributed by atoms with van der Waals surface area (Å²) in [6.45, 7) is 0. The molecule has 1 aliphatic rings. The molecule has 1 heterocycles. The van der Waals surface area contributed by atoms with Crippen molar-refractivity contribution in [2.24, 2.45) is 5.92 Å². The van der Waals surface area contributed by atoms with Crippen LogP contribution in [-0.2, 0) is 4.79 Å². The molecule has 0 spiro atoms. The quantitative estimate of drug-likeness (QED) is 0.903. The third-order valence-electron chi connectivity index (χ3n) is 3.54. The second-order valence-corrected chi connectivity index (χ2v) is 5.90. The predicted octanol–water partition coefficient (Wildman–Crippen LogP) is 3.36. The minimum absolute atomic E-state index is 0.0299. The van der Waals surface area contributed by atoms with Gasteiger partial charge in [-0.25, -0.2) is 0 Å². The number of nitrogens with one attached hydrogen (secondary N) is 2. The van der Waals surface area contributed by atoms with Crippen molar-refractivity contribution >= 4 is 27.8 Å². The molecule has 104 valence electrons. The Morgan fingerprint density at radius 3 is 2.90 bits per heavy atom. The van der Waals surface area contributed by atoms with E-state index in [0.717, 1.165) is 35.7 Å². The molecule has 3 rings (SSSR count). The molecular formula is C14H15BrN4O. The highest BCUT2D eigenvalue weighted by atomic mass is 79.9. The summed E-state index contributed by atoms with van der Waals surface area (Å²) in [6, 6.07) is 7.76. The van der Waals surface area contributed by atoms with Gasteiger partial charge >= 0.3 is 0 Å². The van der Waals surface area contributed by atoms with Crippen molar-refractivity contribution in [3.8, 4) is 11.4 Å². The van der Waals surface area contributed by atoms with Crippen molar-refractivity contribution in [1.82, 2.24) is 15.2 Å². The number of nitrogens with zero attached hydrogens (tertiary/aromatic N) is 2. The van der Waals surface area contributed by atoms with Gasteiger partial charge in [0.1, 0.15) is 0 Å². The topological polar surface area (TPSA) is 70.7 Å². The molecule has 0 aliphatic heterocycles. The van der Waals surface area contributed by atoms with Crippen molar-refractivity contribution in [3.63, 3.8) is 0 Å². The number of rotatable bonds is 3. The van der Waals surface area contributed by atoms with E-state index in [1.807, 2.05) is 24.3 Å². The average molecular weight is 335 g/mol. The fourth-order valence-electron chi connectivity index (χ4n) is 2.48. The number of amides is 1. The zero-order chi connectivity index (χ0) is 13.9. The minimum atomic E-state index is 0.0299. The standard InChI is InChI=1S/C14H15BrN4O/c15-11-7-3-6-10(8-11)12-16-14(19-18-12)17-13(20)9-4-1-2-5-9/h3,6-9H,1-2,4-5H2,(H2,16,17,18,19,20). The van der Waals surface area contributed by atoms with Gasteiger partial charge in [0, 0.05) is 16.0 Å². The molecule has 6 heteroatoms. The van der Waals surface area contributed by atoms with Gasteiger partial charge in [-0.1, -0.05) is 40.9 Å².